The molecule has 1 aliphatic rings. The SMILES string of the molecule is COCCNCC1CCCCC1C(C)(C)C. The van der Waals surface area contributed by atoms with Crippen LogP contribution in [0, 0.1) is 17.3 Å². The first-order chi connectivity index (χ1) is 7.55. The molecule has 16 heavy (non-hydrogen) atoms. The van der Waals surface area contributed by atoms with Crippen molar-refractivity contribution < 1.29 is 4.74 Å². The Balaban J connectivity index is 2.35. The summed E-state index contributed by atoms with van der Waals surface area (Å²) in [5.41, 5.74) is 0.466. The van der Waals surface area contributed by atoms with E-state index in [0.717, 1.165) is 25.0 Å². The van der Waals surface area contributed by atoms with Crippen molar-refractivity contribution in [2.24, 2.45) is 17.3 Å². The normalized spacial score (nSPS) is 27.0. The van der Waals surface area contributed by atoms with Crippen LogP contribution < -0.4 is 5.32 Å². The number of hydrogen-bond acceptors (Lipinski definition) is 2. The third-order valence-corrected chi connectivity index (χ3v) is 3.91. The maximum Gasteiger partial charge on any atom is 0.0587 e. The van der Waals surface area contributed by atoms with E-state index >= 15 is 0 Å². The second-order valence-corrected chi connectivity index (χ2v) is 6.21. The van der Waals surface area contributed by atoms with Gasteiger partial charge in [-0.1, -0.05) is 33.6 Å². The second-order valence-electron chi connectivity index (χ2n) is 6.21. The molecule has 1 saturated carbocycles. The number of nitrogens with one attached hydrogen (secondary N) is 1. The van der Waals surface area contributed by atoms with Crippen LogP contribution in [0.2, 0.25) is 0 Å². The third kappa shape index (κ3) is 4.42. The smallest absolute Gasteiger partial charge is 0.0587 e. The molecule has 96 valence electrons. The Kier molecular flexibility index (Phi) is 5.77. The van der Waals surface area contributed by atoms with Gasteiger partial charge in [0.2, 0.25) is 0 Å². The van der Waals surface area contributed by atoms with Crippen LogP contribution in [-0.4, -0.2) is 26.8 Å². The van der Waals surface area contributed by atoms with Crippen molar-refractivity contribution in [1.82, 2.24) is 5.32 Å². The summed E-state index contributed by atoms with van der Waals surface area (Å²) in [5.74, 6) is 1.75. The molecular formula is C14H29NO. The predicted octanol–water partition coefficient (Wildman–Crippen LogP) is 3.07. The summed E-state index contributed by atoms with van der Waals surface area (Å²) in [4.78, 5) is 0. The van der Waals surface area contributed by atoms with E-state index in [-0.39, 0.29) is 0 Å². The minimum absolute atomic E-state index is 0.466. The molecule has 0 radical (unpaired) electrons. The van der Waals surface area contributed by atoms with Crippen LogP contribution in [0.5, 0.6) is 0 Å². The molecule has 1 aliphatic carbocycles. The lowest BCUT2D eigenvalue weighted by molar-refractivity contribution is 0.104. The molecular weight excluding hydrogens is 198 g/mol. The van der Waals surface area contributed by atoms with Crippen molar-refractivity contribution in [2.75, 3.05) is 26.8 Å². The van der Waals surface area contributed by atoms with Gasteiger partial charge < -0.3 is 10.1 Å². The molecule has 1 rings (SSSR count). The largest absolute Gasteiger partial charge is 0.383 e. The Labute approximate surface area is 101 Å². The van der Waals surface area contributed by atoms with Crippen LogP contribution in [0.4, 0.5) is 0 Å². The fourth-order valence-electron chi connectivity index (χ4n) is 3.05. The lowest BCUT2D eigenvalue weighted by atomic mass is 9.66. The van der Waals surface area contributed by atoms with Gasteiger partial charge in [-0.2, -0.15) is 0 Å². The van der Waals surface area contributed by atoms with E-state index < -0.39 is 0 Å². The van der Waals surface area contributed by atoms with Gasteiger partial charge in [0, 0.05) is 13.7 Å². The van der Waals surface area contributed by atoms with Gasteiger partial charge in [0.25, 0.3) is 0 Å². The van der Waals surface area contributed by atoms with Gasteiger partial charge in [-0.05, 0) is 36.6 Å². The van der Waals surface area contributed by atoms with E-state index in [9.17, 15) is 0 Å². The third-order valence-electron chi connectivity index (χ3n) is 3.91. The van der Waals surface area contributed by atoms with Crippen LogP contribution in [0.1, 0.15) is 46.5 Å². The van der Waals surface area contributed by atoms with Gasteiger partial charge in [0.05, 0.1) is 6.61 Å². The Bertz CT molecular complexity index is 186. The van der Waals surface area contributed by atoms with Crippen LogP contribution >= 0.6 is 0 Å². The molecule has 2 atom stereocenters. The van der Waals surface area contributed by atoms with Gasteiger partial charge in [-0.3, -0.25) is 0 Å². The van der Waals surface area contributed by atoms with Crippen molar-refractivity contribution in [1.29, 1.82) is 0 Å². The Morgan fingerprint density at radius 1 is 1.19 bits per heavy atom. The summed E-state index contributed by atoms with van der Waals surface area (Å²) in [6, 6.07) is 0. The zero-order valence-corrected chi connectivity index (χ0v) is 11.5. The molecule has 0 aromatic carbocycles. The number of methoxy groups -OCH3 is 1. The molecule has 0 amide bonds. The molecule has 0 saturated heterocycles. The molecule has 0 heterocycles. The maximum atomic E-state index is 5.06. The van der Waals surface area contributed by atoms with Crippen molar-refractivity contribution in [3.8, 4) is 0 Å². The van der Waals surface area contributed by atoms with E-state index in [0.29, 0.717) is 5.41 Å². The number of ether oxygens (including phenoxy) is 1. The van der Waals surface area contributed by atoms with Gasteiger partial charge in [-0.15, -0.1) is 0 Å². The van der Waals surface area contributed by atoms with Gasteiger partial charge >= 0.3 is 0 Å². The molecule has 2 unspecified atom stereocenters. The summed E-state index contributed by atoms with van der Waals surface area (Å²) in [6.45, 7) is 10.2. The predicted molar refractivity (Wildman–Crippen MR) is 69.6 cm³/mol. The van der Waals surface area contributed by atoms with E-state index in [1.807, 2.05) is 0 Å². The highest BCUT2D eigenvalue weighted by atomic mass is 16.5. The van der Waals surface area contributed by atoms with Crippen molar-refractivity contribution in [3.63, 3.8) is 0 Å². The molecule has 2 nitrogen and oxygen atoms in total. The first kappa shape index (κ1) is 14.0. The summed E-state index contributed by atoms with van der Waals surface area (Å²) >= 11 is 0. The monoisotopic (exact) mass is 227 g/mol. The van der Waals surface area contributed by atoms with Crippen LogP contribution in [0.3, 0.4) is 0 Å². The summed E-state index contributed by atoms with van der Waals surface area (Å²) in [6.07, 6.45) is 5.67. The first-order valence-electron chi connectivity index (χ1n) is 6.75. The van der Waals surface area contributed by atoms with E-state index in [4.69, 9.17) is 4.74 Å². The average molecular weight is 227 g/mol. The Morgan fingerprint density at radius 2 is 1.88 bits per heavy atom. The van der Waals surface area contributed by atoms with Crippen molar-refractivity contribution >= 4 is 0 Å². The van der Waals surface area contributed by atoms with Gasteiger partial charge in [-0.25, -0.2) is 0 Å². The fraction of sp³-hybridized carbons (Fsp3) is 1.00. The average Bonchev–Trinajstić information content (AvgIpc) is 2.24. The number of hydrogen-bond donors (Lipinski definition) is 1. The van der Waals surface area contributed by atoms with E-state index in [2.05, 4.69) is 26.1 Å². The van der Waals surface area contributed by atoms with Crippen LogP contribution in [0.15, 0.2) is 0 Å². The van der Waals surface area contributed by atoms with Crippen LogP contribution in [-0.2, 0) is 4.74 Å². The first-order valence-corrected chi connectivity index (χ1v) is 6.75. The van der Waals surface area contributed by atoms with Gasteiger partial charge in [0.15, 0.2) is 0 Å². The van der Waals surface area contributed by atoms with Crippen molar-refractivity contribution in [3.05, 3.63) is 0 Å². The quantitative estimate of drug-likeness (QED) is 0.729. The molecule has 2 heteroatoms. The molecule has 1 N–H and O–H groups in total. The zero-order valence-electron chi connectivity index (χ0n) is 11.5. The lowest BCUT2D eigenvalue weighted by Gasteiger charge is -2.40. The van der Waals surface area contributed by atoms with Crippen molar-refractivity contribution in [2.45, 2.75) is 46.5 Å². The number of rotatable bonds is 5. The Morgan fingerprint density at radius 3 is 2.50 bits per heavy atom. The summed E-state index contributed by atoms with van der Waals surface area (Å²) in [5, 5.41) is 3.53. The van der Waals surface area contributed by atoms with E-state index in [1.165, 1.54) is 32.2 Å². The zero-order chi connectivity index (χ0) is 12.0. The molecule has 0 aromatic heterocycles. The van der Waals surface area contributed by atoms with E-state index in [1.54, 1.807) is 7.11 Å². The minimum Gasteiger partial charge on any atom is -0.383 e. The summed E-state index contributed by atoms with van der Waals surface area (Å²) in [7, 11) is 1.76. The highest BCUT2D eigenvalue weighted by molar-refractivity contribution is 4.84. The van der Waals surface area contributed by atoms with Gasteiger partial charge in [0.1, 0.15) is 0 Å². The molecule has 0 bridgehead atoms. The highest BCUT2D eigenvalue weighted by Crippen LogP contribution is 2.41. The molecule has 0 aliphatic heterocycles. The molecule has 0 aromatic rings. The standard InChI is InChI=1S/C14H29NO/c1-14(2,3)13-8-6-5-7-12(13)11-15-9-10-16-4/h12-13,15H,5-11H2,1-4H3. The summed E-state index contributed by atoms with van der Waals surface area (Å²) < 4.78 is 5.06. The topological polar surface area (TPSA) is 21.3 Å². The highest BCUT2D eigenvalue weighted by Gasteiger charge is 2.33. The maximum absolute atomic E-state index is 5.06. The Hall–Kier alpha value is -0.0800. The fourth-order valence-corrected chi connectivity index (χ4v) is 3.05. The lowest BCUT2D eigenvalue weighted by Crippen LogP contribution is -2.37. The second kappa shape index (κ2) is 6.61. The molecule has 1 fully saturated rings. The van der Waals surface area contributed by atoms with Crippen LogP contribution in [0.25, 0.3) is 0 Å². The molecule has 0 spiro atoms. The minimum atomic E-state index is 0.466.